The predicted molar refractivity (Wildman–Crippen MR) is 118 cm³/mol. The summed E-state index contributed by atoms with van der Waals surface area (Å²) in [5.74, 6) is -2.72. The lowest BCUT2D eigenvalue weighted by Gasteiger charge is -2.23. The molecule has 0 atom stereocenters. The van der Waals surface area contributed by atoms with Gasteiger partial charge in [0, 0.05) is 22.9 Å². The molecule has 4 nitrogen and oxygen atoms in total. The lowest BCUT2D eigenvalue weighted by atomic mass is 10.0. The van der Waals surface area contributed by atoms with Crippen molar-refractivity contribution in [2.45, 2.75) is 6.92 Å². The van der Waals surface area contributed by atoms with Gasteiger partial charge in [-0.25, -0.2) is 13.8 Å². The maximum absolute atomic E-state index is 14.6. The van der Waals surface area contributed by atoms with Crippen molar-refractivity contribution in [1.29, 1.82) is 0 Å². The number of hydrogen-bond acceptors (Lipinski definition) is 3. The number of aryl methyl sites for hydroxylation is 1. The summed E-state index contributed by atoms with van der Waals surface area (Å²) in [5, 5.41) is 0. The summed E-state index contributed by atoms with van der Waals surface area (Å²) >= 11 is 0. The molecule has 0 fully saturated rings. The van der Waals surface area contributed by atoms with Crippen LogP contribution in [-0.2, 0) is 0 Å². The second-order valence-corrected chi connectivity index (χ2v) is 7.18. The molecule has 3 aromatic carbocycles. The van der Waals surface area contributed by atoms with Gasteiger partial charge >= 0.3 is 0 Å². The fraction of sp³-hybridized carbons (Fsp3) is 0.0385. The number of carbonyl (C=O) groups excluding carboxylic acids is 2. The molecule has 158 valence electrons. The van der Waals surface area contributed by atoms with Gasteiger partial charge in [0.1, 0.15) is 23.1 Å². The number of para-hydroxylation sites is 1. The zero-order valence-corrected chi connectivity index (χ0v) is 17.1. The van der Waals surface area contributed by atoms with Gasteiger partial charge in [0.25, 0.3) is 5.91 Å². The van der Waals surface area contributed by atoms with E-state index >= 15 is 0 Å². The van der Waals surface area contributed by atoms with Gasteiger partial charge in [0.05, 0.1) is 0 Å². The van der Waals surface area contributed by atoms with Crippen LogP contribution < -0.4 is 4.90 Å². The molecule has 6 heteroatoms. The van der Waals surface area contributed by atoms with Gasteiger partial charge in [-0.3, -0.25) is 14.5 Å². The molecule has 0 aliphatic heterocycles. The highest BCUT2D eigenvalue weighted by molar-refractivity contribution is 6.11. The first kappa shape index (κ1) is 21.1. The topological polar surface area (TPSA) is 50.3 Å². The number of aromatic nitrogens is 1. The van der Waals surface area contributed by atoms with Crippen molar-refractivity contribution in [1.82, 2.24) is 4.98 Å². The molecule has 0 unspecified atom stereocenters. The first-order chi connectivity index (χ1) is 15.5. The van der Waals surface area contributed by atoms with E-state index < -0.39 is 23.2 Å². The summed E-state index contributed by atoms with van der Waals surface area (Å²) in [5.41, 5.74) is 1.43. The molecular formula is C26H18F2N2O2. The van der Waals surface area contributed by atoms with E-state index in [4.69, 9.17) is 0 Å². The summed E-state index contributed by atoms with van der Waals surface area (Å²) < 4.78 is 29.2. The lowest BCUT2D eigenvalue weighted by molar-refractivity contribution is 0.0996. The van der Waals surface area contributed by atoms with Crippen LogP contribution in [0.2, 0.25) is 0 Å². The number of ketones is 1. The molecule has 1 heterocycles. The summed E-state index contributed by atoms with van der Waals surface area (Å²) in [4.78, 5) is 31.1. The van der Waals surface area contributed by atoms with Gasteiger partial charge in [0.2, 0.25) is 0 Å². The highest BCUT2D eigenvalue weighted by Crippen LogP contribution is 2.31. The second kappa shape index (κ2) is 8.89. The second-order valence-electron chi connectivity index (χ2n) is 7.18. The molecule has 0 spiro atoms. The number of anilines is 2. The van der Waals surface area contributed by atoms with E-state index in [-0.39, 0.29) is 17.2 Å². The van der Waals surface area contributed by atoms with Crippen LogP contribution in [0.1, 0.15) is 31.8 Å². The lowest BCUT2D eigenvalue weighted by Crippen LogP contribution is -2.28. The number of pyridine rings is 1. The molecular weight excluding hydrogens is 410 g/mol. The van der Waals surface area contributed by atoms with E-state index in [1.165, 1.54) is 24.4 Å². The standard InChI is InChI=1S/C26H18F2N2O2/c1-17-7-5-10-19(15-17)25(31)20-13-14-23(29-16-20)30(24-21(27)11-6-12-22(24)28)26(32)18-8-3-2-4-9-18/h2-16H,1H3. The Hall–Kier alpha value is -4.19. The average Bonchev–Trinajstić information content (AvgIpc) is 2.81. The molecule has 0 bridgehead atoms. The fourth-order valence-corrected chi connectivity index (χ4v) is 3.34. The SMILES string of the molecule is Cc1cccc(C(=O)c2ccc(N(C(=O)c3ccccc3)c3c(F)cccc3F)nc2)c1. The summed E-state index contributed by atoms with van der Waals surface area (Å²) in [6, 6.07) is 21.5. The van der Waals surface area contributed by atoms with Crippen molar-refractivity contribution in [3.05, 3.63) is 125 Å². The third-order valence-electron chi connectivity index (χ3n) is 4.90. The Morgan fingerprint density at radius 1 is 0.750 bits per heavy atom. The van der Waals surface area contributed by atoms with Crippen LogP contribution in [0, 0.1) is 18.6 Å². The van der Waals surface area contributed by atoms with Crippen LogP contribution in [0.25, 0.3) is 0 Å². The first-order valence-electron chi connectivity index (χ1n) is 9.86. The number of rotatable bonds is 5. The van der Waals surface area contributed by atoms with Crippen LogP contribution >= 0.6 is 0 Å². The number of amides is 1. The Morgan fingerprint density at radius 3 is 2.03 bits per heavy atom. The highest BCUT2D eigenvalue weighted by Gasteiger charge is 2.27. The van der Waals surface area contributed by atoms with Gasteiger partial charge in [0.15, 0.2) is 5.78 Å². The molecule has 0 saturated heterocycles. The maximum Gasteiger partial charge on any atom is 0.264 e. The van der Waals surface area contributed by atoms with Crippen molar-refractivity contribution >= 4 is 23.2 Å². The Bertz CT molecular complexity index is 1270. The minimum absolute atomic E-state index is 0.0105. The van der Waals surface area contributed by atoms with Gasteiger partial charge in [-0.2, -0.15) is 0 Å². The highest BCUT2D eigenvalue weighted by atomic mass is 19.1. The number of nitrogens with zero attached hydrogens (tertiary/aromatic N) is 2. The molecule has 0 aliphatic carbocycles. The van der Waals surface area contributed by atoms with Crippen LogP contribution in [0.5, 0.6) is 0 Å². The Labute approximate surface area is 183 Å². The van der Waals surface area contributed by atoms with Crippen molar-refractivity contribution in [2.75, 3.05) is 4.90 Å². The average molecular weight is 428 g/mol. The summed E-state index contributed by atoms with van der Waals surface area (Å²) in [6.07, 6.45) is 1.30. The third-order valence-corrected chi connectivity index (χ3v) is 4.90. The zero-order chi connectivity index (χ0) is 22.7. The van der Waals surface area contributed by atoms with Gasteiger partial charge in [-0.1, -0.05) is 48.0 Å². The minimum atomic E-state index is -0.906. The Kier molecular flexibility index (Phi) is 5.85. The van der Waals surface area contributed by atoms with E-state index in [1.54, 1.807) is 48.5 Å². The summed E-state index contributed by atoms with van der Waals surface area (Å²) in [6.45, 7) is 1.88. The van der Waals surface area contributed by atoms with Crippen LogP contribution in [-0.4, -0.2) is 16.7 Å². The maximum atomic E-state index is 14.6. The van der Waals surface area contributed by atoms with Gasteiger partial charge in [-0.05, 0) is 49.4 Å². The molecule has 32 heavy (non-hydrogen) atoms. The van der Waals surface area contributed by atoms with Crippen molar-refractivity contribution in [3.63, 3.8) is 0 Å². The molecule has 0 N–H and O–H groups in total. The van der Waals surface area contributed by atoms with Gasteiger partial charge in [-0.15, -0.1) is 0 Å². The van der Waals surface area contributed by atoms with E-state index in [9.17, 15) is 18.4 Å². The Balaban J connectivity index is 1.77. The summed E-state index contributed by atoms with van der Waals surface area (Å²) in [7, 11) is 0. The largest absolute Gasteiger partial charge is 0.289 e. The molecule has 1 aromatic heterocycles. The van der Waals surface area contributed by atoms with Crippen molar-refractivity contribution in [3.8, 4) is 0 Å². The Morgan fingerprint density at radius 2 is 1.41 bits per heavy atom. The monoisotopic (exact) mass is 428 g/mol. The van der Waals surface area contributed by atoms with Crippen LogP contribution in [0.15, 0.2) is 91.1 Å². The fourth-order valence-electron chi connectivity index (χ4n) is 3.34. The van der Waals surface area contributed by atoms with Crippen molar-refractivity contribution in [2.24, 2.45) is 0 Å². The predicted octanol–water partition coefficient (Wildman–Crippen LogP) is 5.88. The van der Waals surface area contributed by atoms with E-state index in [1.807, 2.05) is 13.0 Å². The number of halogens is 2. The molecule has 0 saturated carbocycles. The third kappa shape index (κ3) is 4.16. The first-order valence-corrected chi connectivity index (χ1v) is 9.86. The van der Waals surface area contributed by atoms with E-state index in [0.29, 0.717) is 11.1 Å². The minimum Gasteiger partial charge on any atom is -0.289 e. The quantitative estimate of drug-likeness (QED) is 0.373. The van der Waals surface area contributed by atoms with Crippen molar-refractivity contribution < 1.29 is 18.4 Å². The number of hydrogen-bond donors (Lipinski definition) is 0. The van der Waals surface area contributed by atoms with Crippen LogP contribution in [0.3, 0.4) is 0 Å². The normalized spacial score (nSPS) is 10.6. The van der Waals surface area contributed by atoms with Crippen LogP contribution in [0.4, 0.5) is 20.3 Å². The van der Waals surface area contributed by atoms with E-state index in [2.05, 4.69) is 4.98 Å². The zero-order valence-electron chi connectivity index (χ0n) is 17.1. The number of benzene rings is 3. The molecule has 1 amide bonds. The van der Waals surface area contributed by atoms with E-state index in [0.717, 1.165) is 22.6 Å². The molecule has 0 radical (unpaired) electrons. The number of carbonyl (C=O) groups is 2. The molecule has 4 rings (SSSR count). The smallest absolute Gasteiger partial charge is 0.264 e. The van der Waals surface area contributed by atoms with Gasteiger partial charge < -0.3 is 0 Å². The molecule has 4 aromatic rings. The molecule has 0 aliphatic rings.